The van der Waals surface area contributed by atoms with Gasteiger partial charge >= 0.3 is 5.97 Å². The Morgan fingerprint density at radius 2 is 1.58 bits per heavy atom. The highest BCUT2D eigenvalue weighted by molar-refractivity contribution is 5.85. The summed E-state index contributed by atoms with van der Waals surface area (Å²) in [6.07, 6.45) is 2.13. The van der Waals surface area contributed by atoms with Crippen molar-refractivity contribution in [2.45, 2.75) is 31.9 Å². The summed E-state index contributed by atoms with van der Waals surface area (Å²) in [5.41, 5.74) is 2.20. The maximum absolute atomic E-state index is 12.1. The summed E-state index contributed by atoms with van der Waals surface area (Å²) < 4.78 is 10.2. The lowest BCUT2D eigenvalue weighted by Gasteiger charge is -2.16. The molecule has 138 valence electrons. The largest absolute Gasteiger partial charge is 0.467 e. The molecule has 2 aromatic carbocycles. The van der Waals surface area contributed by atoms with Crippen LogP contribution in [0.1, 0.15) is 24.0 Å². The zero-order valence-electron chi connectivity index (χ0n) is 15.0. The number of aryl methyl sites for hydroxylation is 1. The van der Waals surface area contributed by atoms with E-state index in [0.29, 0.717) is 13.0 Å². The SMILES string of the molecule is COC(=O)[C@H](CCCc1ccccc1)NC(=O)COCc1ccccc1. The first-order chi connectivity index (χ1) is 12.7. The van der Waals surface area contributed by atoms with Gasteiger partial charge in [-0.05, 0) is 30.4 Å². The topological polar surface area (TPSA) is 64.6 Å². The monoisotopic (exact) mass is 355 g/mol. The first-order valence-electron chi connectivity index (χ1n) is 8.72. The van der Waals surface area contributed by atoms with Crippen LogP contribution in [0.25, 0.3) is 0 Å². The van der Waals surface area contributed by atoms with Gasteiger partial charge in [-0.2, -0.15) is 0 Å². The van der Waals surface area contributed by atoms with Crippen molar-refractivity contribution in [1.29, 1.82) is 0 Å². The van der Waals surface area contributed by atoms with Crippen molar-refractivity contribution in [3.05, 3.63) is 71.8 Å². The van der Waals surface area contributed by atoms with Crippen molar-refractivity contribution in [1.82, 2.24) is 5.32 Å². The van der Waals surface area contributed by atoms with Crippen molar-refractivity contribution in [3.63, 3.8) is 0 Å². The average molecular weight is 355 g/mol. The number of carbonyl (C=O) groups is 2. The van der Waals surface area contributed by atoms with Crippen LogP contribution in [0.15, 0.2) is 60.7 Å². The van der Waals surface area contributed by atoms with E-state index in [1.807, 2.05) is 60.7 Å². The Morgan fingerprint density at radius 3 is 2.19 bits per heavy atom. The Balaban J connectivity index is 1.75. The Kier molecular flexibility index (Phi) is 8.36. The average Bonchev–Trinajstić information content (AvgIpc) is 2.68. The highest BCUT2D eigenvalue weighted by Gasteiger charge is 2.21. The van der Waals surface area contributed by atoms with Crippen LogP contribution in [-0.2, 0) is 32.1 Å². The molecule has 0 spiro atoms. The van der Waals surface area contributed by atoms with Crippen molar-refractivity contribution in [2.24, 2.45) is 0 Å². The Hall–Kier alpha value is -2.66. The van der Waals surface area contributed by atoms with E-state index in [0.717, 1.165) is 18.4 Å². The van der Waals surface area contributed by atoms with E-state index in [2.05, 4.69) is 5.32 Å². The van der Waals surface area contributed by atoms with Crippen molar-refractivity contribution in [3.8, 4) is 0 Å². The van der Waals surface area contributed by atoms with E-state index in [4.69, 9.17) is 9.47 Å². The van der Waals surface area contributed by atoms with Gasteiger partial charge in [-0.15, -0.1) is 0 Å². The highest BCUT2D eigenvalue weighted by Crippen LogP contribution is 2.08. The number of rotatable bonds is 10. The second kappa shape index (κ2) is 11.1. The molecule has 5 heteroatoms. The van der Waals surface area contributed by atoms with Gasteiger partial charge in [0.1, 0.15) is 12.6 Å². The van der Waals surface area contributed by atoms with Crippen LogP contribution in [0.2, 0.25) is 0 Å². The molecular formula is C21H25NO4. The molecule has 1 N–H and O–H groups in total. The number of benzene rings is 2. The summed E-state index contributed by atoms with van der Waals surface area (Å²) in [5, 5.41) is 2.70. The van der Waals surface area contributed by atoms with Crippen LogP contribution in [0.4, 0.5) is 0 Å². The molecule has 0 saturated carbocycles. The number of methoxy groups -OCH3 is 1. The fraction of sp³-hybridized carbons (Fsp3) is 0.333. The molecule has 0 fully saturated rings. The van der Waals surface area contributed by atoms with Gasteiger partial charge in [0.15, 0.2) is 0 Å². The van der Waals surface area contributed by atoms with Crippen LogP contribution in [0.5, 0.6) is 0 Å². The van der Waals surface area contributed by atoms with Gasteiger partial charge in [-0.25, -0.2) is 4.79 Å². The molecule has 0 aliphatic carbocycles. The molecule has 5 nitrogen and oxygen atoms in total. The van der Waals surface area contributed by atoms with Crippen molar-refractivity contribution >= 4 is 11.9 Å². The van der Waals surface area contributed by atoms with Crippen LogP contribution in [-0.4, -0.2) is 31.6 Å². The molecule has 2 rings (SSSR count). The number of ether oxygens (including phenoxy) is 2. The van der Waals surface area contributed by atoms with E-state index in [1.54, 1.807) is 0 Å². The number of carbonyl (C=O) groups excluding carboxylic acids is 2. The first kappa shape index (κ1) is 19.7. The minimum Gasteiger partial charge on any atom is -0.467 e. The molecule has 0 saturated heterocycles. The number of nitrogens with one attached hydrogen (secondary N) is 1. The third-order valence-corrected chi connectivity index (χ3v) is 3.97. The van der Waals surface area contributed by atoms with Gasteiger partial charge in [0, 0.05) is 0 Å². The van der Waals surface area contributed by atoms with E-state index in [1.165, 1.54) is 12.7 Å². The van der Waals surface area contributed by atoms with Gasteiger partial charge < -0.3 is 14.8 Å². The molecule has 2 aromatic rings. The summed E-state index contributed by atoms with van der Waals surface area (Å²) in [6.45, 7) is 0.256. The Bertz CT molecular complexity index is 673. The van der Waals surface area contributed by atoms with Crippen LogP contribution in [0, 0.1) is 0 Å². The second-order valence-electron chi connectivity index (χ2n) is 6.00. The van der Waals surface area contributed by atoms with Crippen molar-refractivity contribution < 1.29 is 19.1 Å². The van der Waals surface area contributed by atoms with Gasteiger partial charge in [0.25, 0.3) is 0 Å². The summed E-state index contributed by atoms with van der Waals surface area (Å²) >= 11 is 0. The Morgan fingerprint density at radius 1 is 0.962 bits per heavy atom. The zero-order chi connectivity index (χ0) is 18.6. The van der Waals surface area contributed by atoms with Gasteiger partial charge in [0.2, 0.25) is 5.91 Å². The maximum Gasteiger partial charge on any atom is 0.328 e. The predicted octanol–water partition coefficient (Wildman–Crippen LogP) is 2.88. The normalized spacial score (nSPS) is 11.6. The molecule has 0 unspecified atom stereocenters. The molecular weight excluding hydrogens is 330 g/mol. The van der Waals surface area contributed by atoms with Gasteiger partial charge in [0.05, 0.1) is 13.7 Å². The molecule has 0 bridgehead atoms. The van der Waals surface area contributed by atoms with E-state index < -0.39 is 12.0 Å². The molecule has 0 aromatic heterocycles. The predicted molar refractivity (Wildman–Crippen MR) is 99.4 cm³/mol. The molecule has 26 heavy (non-hydrogen) atoms. The van der Waals surface area contributed by atoms with Crippen LogP contribution >= 0.6 is 0 Å². The molecule has 1 amide bonds. The standard InChI is InChI=1S/C21H25NO4/c1-25-21(24)19(14-8-13-17-9-4-2-5-10-17)22-20(23)16-26-15-18-11-6-3-7-12-18/h2-7,9-12,19H,8,13-16H2,1H3,(H,22,23)/t19-/m0/s1. The van der Waals surface area contributed by atoms with E-state index in [-0.39, 0.29) is 12.5 Å². The lowest BCUT2D eigenvalue weighted by molar-refractivity contribution is -0.146. The minimum absolute atomic E-state index is 0.0962. The number of hydrogen-bond acceptors (Lipinski definition) is 4. The van der Waals surface area contributed by atoms with E-state index >= 15 is 0 Å². The fourth-order valence-corrected chi connectivity index (χ4v) is 2.62. The van der Waals surface area contributed by atoms with Gasteiger partial charge in [-0.3, -0.25) is 4.79 Å². The smallest absolute Gasteiger partial charge is 0.328 e. The maximum atomic E-state index is 12.1. The summed E-state index contributed by atoms with van der Waals surface area (Å²) in [5.74, 6) is -0.759. The fourth-order valence-electron chi connectivity index (χ4n) is 2.62. The third kappa shape index (κ3) is 7.07. The second-order valence-corrected chi connectivity index (χ2v) is 6.00. The highest BCUT2D eigenvalue weighted by atomic mass is 16.5. The molecule has 1 atom stereocenters. The molecule has 0 aliphatic rings. The third-order valence-electron chi connectivity index (χ3n) is 3.97. The zero-order valence-corrected chi connectivity index (χ0v) is 15.0. The van der Waals surface area contributed by atoms with Crippen LogP contribution < -0.4 is 5.32 Å². The molecule has 0 radical (unpaired) electrons. The van der Waals surface area contributed by atoms with E-state index in [9.17, 15) is 9.59 Å². The summed E-state index contributed by atoms with van der Waals surface area (Å²) in [7, 11) is 1.32. The lowest BCUT2D eigenvalue weighted by atomic mass is 10.0. The number of esters is 1. The Labute approximate surface area is 154 Å². The minimum atomic E-state index is -0.656. The van der Waals surface area contributed by atoms with Crippen molar-refractivity contribution in [2.75, 3.05) is 13.7 Å². The molecule has 0 aliphatic heterocycles. The van der Waals surface area contributed by atoms with Crippen LogP contribution in [0.3, 0.4) is 0 Å². The lowest BCUT2D eigenvalue weighted by Crippen LogP contribution is -2.43. The first-order valence-corrected chi connectivity index (χ1v) is 8.72. The number of amides is 1. The summed E-state index contributed by atoms with van der Waals surface area (Å²) in [4.78, 5) is 24.0. The quantitative estimate of drug-likeness (QED) is 0.666. The number of hydrogen-bond donors (Lipinski definition) is 1. The summed E-state index contributed by atoms with van der Waals surface area (Å²) in [6, 6.07) is 19.0. The molecule has 0 heterocycles. The van der Waals surface area contributed by atoms with Gasteiger partial charge in [-0.1, -0.05) is 60.7 Å².